The van der Waals surface area contributed by atoms with Gasteiger partial charge in [0.25, 0.3) is 11.7 Å². The highest BCUT2D eigenvalue weighted by Gasteiger charge is 2.42. The summed E-state index contributed by atoms with van der Waals surface area (Å²) in [6, 6.07) is 7.80. The maximum Gasteiger partial charge on any atom is 0.269 e. The van der Waals surface area contributed by atoms with Crippen LogP contribution in [0.2, 0.25) is 0 Å². The second kappa shape index (κ2) is 6.72. The Kier molecular flexibility index (Phi) is 4.12. The van der Waals surface area contributed by atoms with Crippen LogP contribution in [0.4, 0.5) is 0 Å². The molecular weight excluding hydrogens is 380 g/mol. The summed E-state index contributed by atoms with van der Waals surface area (Å²) in [4.78, 5) is 25.0. The molecule has 4 aromatic heterocycles. The highest BCUT2D eigenvalue weighted by Crippen LogP contribution is 2.54. The first kappa shape index (κ1) is 18.4. The maximum atomic E-state index is 11.7. The van der Waals surface area contributed by atoms with Gasteiger partial charge in [-0.15, -0.1) is 5.10 Å². The number of nitrogens with zero attached hydrogens (tertiary/aromatic N) is 7. The Morgan fingerprint density at radius 3 is 2.70 bits per heavy atom. The number of carbonyl (C=O) groups excluding carboxylic acids is 1. The van der Waals surface area contributed by atoms with Crippen molar-refractivity contribution in [3.8, 4) is 11.5 Å². The van der Waals surface area contributed by atoms with Crippen LogP contribution >= 0.6 is 0 Å². The van der Waals surface area contributed by atoms with Crippen LogP contribution in [0, 0.1) is 13.8 Å². The Hall–Kier alpha value is -3.62. The lowest BCUT2D eigenvalue weighted by molar-refractivity contribution is 0.0958. The highest BCUT2D eigenvalue weighted by atomic mass is 16.1. The number of amides is 1. The van der Waals surface area contributed by atoms with Gasteiger partial charge in [0, 0.05) is 37.6 Å². The third kappa shape index (κ3) is 3.02. The molecule has 4 aromatic rings. The van der Waals surface area contributed by atoms with E-state index in [1.165, 1.54) is 0 Å². The van der Waals surface area contributed by atoms with E-state index in [4.69, 9.17) is 5.10 Å². The summed E-state index contributed by atoms with van der Waals surface area (Å²) in [5.41, 5.74) is 5.35. The van der Waals surface area contributed by atoms with Crippen molar-refractivity contribution in [3.05, 3.63) is 58.8 Å². The van der Waals surface area contributed by atoms with Crippen LogP contribution in [-0.2, 0) is 7.05 Å². The second-order valence-electron chi connectivity index (χ2n) is 7.77. The van der Waals surface area contributed by atoms with Crippen molar-refractivity contribution in [1.82, 2.24) is 39.7 Å². The number of hydrogen-bond donors (Lipinski definition) is 1. The lowest BCUT2D eigenvalue weighted by Crippen LogP contribution is -2.19. The predicted octanol–water partition coefficient (Wildman–Crippen LogP) is 2.17. The molecule has 0 radical (unpaired) electrons. The average Bonchev–Trinajstić information content (AvgIpc) is 3.27. The van der Waals surface area contributed by atoms with Gasteiger partial charge in [-0.1, -0.05) is 6.07 Å². The van der Waals surface area contributed by atoms with Crippen molar-refractivity contribution in [2.24, 2.45) is 7.05 Å². The van der Waals surface area contributed by atoms with Gasteiger partial charge in [-0.25, -0.2) is 9.50 Å². The van der Waals surface area contributed by atoms with Crippen LogP contribution in [0.25, 0.3) is 17.3 Å². The van der Waals surface area contributed by atoms with E-state index in [2.05, 4.69) is 31.4 Å². The molecule has 1 aliphatic carbocycles. The first-order valence-electron chi connectivity index (χ1n) is 9.88. The fourth-order valence-corrected chi connectivity index (χ4v) is 3.93. The monoisotopic (exact) mass is 402 g/mol. The molecule has 2 atom stereocenters. The molecule has 1 amide bonds. The molecule has 5 rings (SSSR count). The summed E-state index contributed by atoms with van der Waals surface area (Å²) in [7, 11) is 3.51. The summed E-state index contributed by atoms with van der Waals surface area (Å²) >= 11 is 0. The van der Waals surface area contributed by atoms with Gasteiger partial charge < -0.3 is 5.32 Å². The Bertz CT molecular complexity index is 1270. The molecule has 1 fully saturated rings. The Morgan fingerprint density at radius 2 is 1.97 bits per heavy atom. The molecule has 0 aliphatic heterocycles. The zero-order chi connectivity index (χ0) is 21.0. The Morgan fingerprint density at radius 1 is 1.13 bits per heavy atom. The van der Waals surface area contributed by atoms with Crippen molar-refractivity contribution in [1.29, 1.82) is 0 Å². The number of rotatable bonds is 4. The van der Waals surface area contributed by atoms with Crippen molar-refractivity contribution < 1.29 is 4.79 Å². The van der Waals surface area contributed by atoms with Crippen LogP contribution in [0.15, 0.2) is 30.5 Å². The van der Waals surface area contributed by atoms with Gasteiger partial charge >= 0.3 is 0 Å². The predicted molar refractivity (Wildman–Crippen MR) is 110 cm³/mol. The lowest BCUT2D eigenvalue weighted by atomic mass is 10.1. The first-order valence-corrected chi connectivity index (χ1v) is 9.88. The van der Waals surface area contributed by atoms with E-state index in [0.717, 1.165) is 34.8 Å². The third-order valence-corrected chi connectivity index (χ3v) is 5.59. The van der Waals surface area contributed by atoms with Crippen LogP contribution < -0.4 is 5.32 Å². The number of nitrogens with one attached hydrogen (secondary N) is 1. The molecule has 1 saturated carbocycles. The van der Waals surface area contributed by atoms with E-state index in [1.807, 2.05) is 37.7 Å². The summed E-state index contributed by atoms with van der Waals surface area (Å²) < 4.78 is 3.59. The van der Waals surface area contributed by atoms with E-state index in [1.54, 1.807) is 23.8 Å². The smallest absolute Gasteiger partial charge is 0.269 e. The SMILES string of the molecule is CNC(=O)c1ccc([C@H]2C[C@@H]2c2cc(-c3nc4nc(C)cc(C)n4n3)n(C)n2)cn1. The molecule has 0 bridgehead atoms. The molecule has 9 heteroatoms. The fourth-order valence-electron chi connectivity index (χ4n) is 3.93. The van der Waals surface area contributed by atoms with Gasteiger partial charge in [0.2, 0.25) is 5.82 Å². The third-order valence-electron chi connectivity index (χ3n) is 5.59. The minimum absolute atomic E-state index is 0.178. The number of hydrogen-bond acceptors (Lipinski definition) is 6. The van der Waals surface area contributed by atoms with Gasteiger partial charge in [0.15, 0.2) is 0 Å². The normalized spacial score (nSPS) is 18.0. The zero-order valence-corrected chi connectivity index (χ0v) is 17.3. The van der Waals surface area contributed by atoms with Crippen LogP contribution in [0.3, 0.4) is 0 Å². The molecule has 0 spiro atoms. The molecule has 152 valence electrons. The van der Waals surface area contributed by atoms with Crippen LogP contribution in [0.5, 0.6) is 0 Å². The largest absolute Gasteiger partial charge is 0.354 e. The van der Waals surface area contributed by atoms with Crippen LogP contribution in [0.1, 0.15) is 51.4 Å². The molecule has 4 heterocycles. The molecule has 0 unspecified atom stereocenters. The molecule has 1 aliphatic rings. The number of carbonyl (C=O) groups is 1. The highest BCUT2D eigenvalue weighted by molar-refractivity contribution is 5.91. The van der Waals surface area contributed by atoms with Gasteiger partial charge in [-0.2, -0.15) is 10.1 Å². The van der Waals surface area contributed by atoms with Crippen molar-refractivity contribution >= 4 is 11.7 Å². The summed E-state index contributed by atoms with van der Waals surface area (Å²) in [6.45, 7) is 3.94. The molecule has 30 heavy (non-hydrogen) atoms. The quantitative estimate of drug-likeness (QED) is 0.561. The lowest BCUT2D eigenvalue weighted by Gasteiger charge is -2.01. The van der Waals surface area contributed by atoms with Crippen molar-refractivity contribution in [2.45, 2.75) is 32.1 Å². The first-order chi connectivity index (χ1) is 14.4. The number of aromatic nitrogens is 7. The Balaban J connectivity index is 1.40. The van der Waals surface area contributed by atoms with Gasteiger partial charge in [0.05, 0.1) is 5.69 Å². The number of fused-ring (bicyclic) bond motifs is 1. The molecule has 0 saturated heterocycles. The van der Waals surface area contributed by atoms with E-state index in [9.17, 15) is 4.79 Å². The van der Waals surface area contributed by atoms with Crippen LogP contribution in [-0.4, -0.2) is 47.3 Å². The minimum atomic E-state index is -0.178. The van der Waals surface area contributed by atoms with Crippen molar-refractivity contribution in [3.63, 3.8) is 0 Å². The zero-order valence-electron chi connectivity index (χ0n) is 17.3. The van der Waals surface area contributed by atoms with E-state index in [-0.39, 0.29) is 5.91 Å². The van der Waals surface area contributed by atoms with E-state index in [0.29, 0.717) is 29.1 Å². The number of aryl methyl sites for hydroxylation is 3. The number of pyridine rings is 1. The van der Waals surface area contributed by atoms with Gasteiger partial charge in [0.1, 0.15) is 11.4 Å². The second-order valence-corrected chi connectivity index (χ2v) is 7.77. The summed E-state index contributed by atoms with van der Waals surface area (Å²) in [5.74, 6) is 1.72. The molecular formula is C21H22N8O. The maximum absolute atomic E-state index is 11.7. The fraction of sp³-hybridized carbons (Fsp3) is 0.333. The molecule has 0 aromatic carbocycles. The summed E-state index contributed by atoms with van der Waals surface area (Å²) in [6.07, 6.45) is 2.80. The standard InChI is InChI=1S/C21H22N8O/c1-11-7-12(2)29-21(24-11)25-19(27-29)18-9-17(26-28(18)4)15-8-14(15)13-5-6-16(23-10-13)20(30)22-3/h5-7,9-10,14-15H,8H2,1-4H3,(H,22,30)/t14-,15+/m1/s1. The van der Waals surface area contributed by atoms with E-state index < -0.39 is 0 Å². The van der Waals surface area contributed by atoms with Crippen molar-refractivity contribution in [2.75, 3.05) is 7.05 Å². The summed E-state index contributed by atoms with van der Waals surface area (Å²) in [5, 5.41) is 11.9. The minimum Gasteiger partial charge on any atom is -0.354 e. The topological polar surface area (TPSA) is 103 Å². The average molecular weight is 402 g/mol. The molecule has 9 nitrogen and oxygen atoms in total. The molecule has 1 N–H and O–H groups in total. The van der Waals surface area contributed by atoms with Gasteiger partial charge in [-0.05, 0) is 49.9 Å². The Labute approximate surface area is 173 Å². The van der Waals surface area contributed by atoms with E-state index >= 15 is 0 Å². The van der Waals surface area contributed by atoms with Gasteiger partial charge in [-0.3, -0.25) is 14.5 Å².